The average Bonchev–Trinajstić information content (AvgIpc) is 2.69. The van der Waals surface area contributed by atoms with Crippen LogP contribution in [0.4, 0.5) is 0 Å². The van der Waals surface area contributed by atoms with Crippen LogP contribution < -0.4 is 20.5 Å². The Kier molecular flexibility index (Phi) is 12.2. The second-order valence-corrected chi connectivity index (χ2v) is 6.99. The van der Waals surface area contributed by atoms with Gasteiger partial charge in [-0.05, 0) is 50.6 Å². The molecule has 1 aliphatic rings. The second kappa shape index (κ2) is 13.8. The molecule has 0 radical (unpaired) electrons. The number of nitrogens with two attached hydrogens (primary N) is 1. The molecule has 0 saturated carbocycles. The molecule has 8 heteroatoms. The van der Waals surface area contributed by atoms with E-state index in [1.165, 1.54) is 38.2 Å². The van der Waals surface area contributed by atoms with Gasteiger partial charge in [0.2, 0.25) is 0 Å². The maximum atomic E-state index is 5.96. The zero-order chi connectivity index (χ0) is 19.5. The van der Waals surface area contributed by atoms with Gasteiger partial charge in [0, 0.05) is 39.3 Å². The highest BCUT2D eigenvalue weighted by atomic mass is 127. The minimum absolute atomic E-state index is 0. The number of halogens is 1. The predicted octanol–water partition coefficient (Wildman–Crippen LogP) is 1.80. The van der Waals surface area contributed by atoms with Crippen molar-refractivity contribution in [3.8, 4) is 11.5 Å². The predicted molar refractivity (Wildman–Crippen MR) is 126 cm³/mol. The molecular weight excluding hydrogens is 469 g/mol. The zero-order valence-corrected chi connectivity index (χ0v) is 19.8. The van der Waals surface area contributed by atoms with Gasteiger partial charge in [-0.15, -0.1) is 24.0 Å². The van der Waals surface area contributed by atoms with Crippen LogP contribution in [0, 0.1) is 0 Å². The molecule has 1 saturated heterocycles. The molecular formula is C20H36IN5O2. The quantitative estimate of drug-likeness (QED) is 0.219. The number of unbranched alkanes of at least 4 members (excludes halogenated alkanes) is 1. The first-order valence-electron chi connectivity index (χ1n) is 9.78. The number of benzene rings is 1. The molecule has 0 unspecified atom stereocenters. The summed E-state index contributed by atoms with van der Waals surface area (Å²) in [5.74, 6) is 2.01. The number of aliphatic imine (C=N–C) groups is 1. The van der Waals surface area contributed by atoms with Gasteiger partial charge in [-0.1, -0.05) is 6.07 Å². The lowest BCUT2D eigenvalue weighted by Gasteiger charge is -2.32. The number of rotatable bonds is 10. The van der Waals surface area contributed by atoms with Crippen LogP contribution in [0.1, 0.15) is 18.4 Å². The molecule has 7 nitrogen and oxygen atoms in total. The number of hydrogen-bond acceptors (Lipinski definition) is 5. The van der Waals surface area contributed by atoms with Gasteiger partial charge in [0.15, 0.2) is 17.5 Å². The van der Waals surface area contributed by atoms with E-state index >= 15 is 0 Å². The van der Waals surface area contributed by atoms with Crippen LogP contribution >= 0.6 is 24.0 Å². The fraction of sp³-hybridized carbons (Fsp3) is 0.650. The van der Waals surface area contributed by atoms with Crippen molar-refractivity contribution in [2.24, 2.45) is 10.7 Å². The molecule has 1 fully saturated rings. The minimum atomic E-state index is 0. The largest absolute Gasteiger partial charge is 0.493 e. The third-order valence-electron chi connectivity index (χ3n) is 4.93. The summed E-state index contributed by atoms with van der Waals surface area (Å²) in [4.78, 5) is 9.34. The van der Waals surface area contributed by atoms with Crippen molar-refractivity contribution in [1.82, 2.24) is 15.1 Å². The number of likely N-dealkylation sites (N-methyl/N-ethyl adjacent to an activating group) is 1. The summed E-state index contributed by atoms with van der Waals surface area (Å²) in [7, 11) is 5.47. The maximum absolute atomic E-state index is 5.96. The lowest BCUT2D eigenvalue weighted by Crippen LogP contribution is -2.44. The fourth-order valence-corrected chi connectivity index (χ4v) is 3.15. The molecule has 1 aliphatic heterocycles. The number of methoxy groups -OCH3 is 2. The Labute approximate surface area is 186 Å². The second-order valence-electron chi connectivity index (χ2n) is 6.99. The topological polar surface area (TPSA) is 75.4 Å². The van der Waals surface area contributed by atoms with E-state index in [9.17, 15) is 0 Å². The molecule has 0 atom stereocenters. The SMILES string of the molecule is COc1ccc(CCNC(N)=NCCCCN2CCN(C)CC2)cc1OC.I. The van der Waals surface area contributed by atoms with Gasteiger partial charge in [0.1, 0.15) is 0 Å². The number of hydrogen-bond donors (Lipinski definition) is 2. The lowest BCUT2D eigenvalue weighted by molar-refractivity contribution is 0.152. The molecule has 28 heavy (non-hydrogen) atoms. The van der Waals surface area contributed by atoms with E-state index in [1.807, 2.05) is 18.2 Å². The molecule has 1 aromatic carbocycles. The normalized spacial score (nSPS) is 15.8. The number of nitrogens with zero attached hydrogens (tertiary/aromatic N) is 3. The van der Waals surface area contributed by atoms with E-state index in [1.54, 1.807) is 14.2 Å². The zero-order valence-electron chi connectivity index (χ0n) is 17.4. The molecule has 0 spiro atoms. The van der Waals surface area contributed by atoms with Gasteiger partial charge in [0.05, 0.1) is 14.2 Å². The van der Waals surface area contributed by atoms with Crippen molar-refractivity contribution in [3.63, 3.8) is 0 Å². The Balaban J connectivity index is 0.00000392. The Morgan fingerprint density at radius 3 is 2.50 bits per heavy atom. The highest BCUT2D eigenvalue weighted by Crippen LogP contribution is 2.27. The van der Waals surface area contributed by atoms with Crippen molar-refractivity contribution in [2.45, 2.75) is 19.3 Å². The maximum Gasteiger partial charge on any atom is 0.188 e. The first kappa shape index (κ1) is 24.8. The number of ether oxygens (including phenoxy) is 2. The van der Waals surface area contributed by atoms with Gasteiger partial charge in [-0.2, -0.15) is 0 Å². The third kappa shape index (κ3) is 8.83. The first-order chi connectivity index (χ1) is 13.1. The van der Waals surface area contributed by atoms with Crippen molar-refractivity contribution < 1.29 is 9.47 Å². The van der Waals surface area contributed by atoms with Crippen LogP contribution in [0.2, 0.25) is 0 Å². The van der Waals surface area contributed by atoms with Gasteiger partial charge in [-0.25, -0.2) is 0 Å². The summed E-state index contributed by atoms with van der Waals surface area (Å²) in [5.41, 5.74) is 7.12. The summed E-state index contributed by atoms with van der Waals surface area (Å²) in [6.07, 6.45) is 3.09. The molecule has 0 bridgehead atoms. The molecule has 1 heterocycles. The van der Waals surface area contributed by atoms with E-state index in [0.29, 0.717) is 5.96 Å². The summed E-state index contributed by atoms with van der Waals surface area (Å²) in [6.45, 7) is 7.40. The summed E-state index contributed by atoms with van der Waals surface area (Å²) in [5, 5.41) is 3.18. The van der Waals surface area contributed by atoms with E-state index in [-0.39, 0.29) is 24.0 Å². The van der Waals surface area contributed by atoms with Crippen molar-refractivity contribution in [2.75, 3.05) is 67.1 Å². The molecule has 1 aromatic rings. The van der Waals surface area contributed by atoms with Crippen molar-refractivity contribution >= 4 is 29.9 Å². The molecule has 0 aliphatic carbocycles. The highest BCUT2D eigenvalue weighted by Gasteiger charge is 2.12. The minimum Gasteiger partial charge on any atom is -0.493 e. The molecule has 3 N–H and O–H groups in total. The average molecular weight is 505 g/mol. The number of nitrogens with one attached hydrogen (secondary N) is 1. The lowest BCUT2D eigenvalue weighted by atomic mass is 10.1. The summed E-state index contributed by atoms with van der Waals surface area (Å²) >= 11 is 0. The smallest absolute Gasteiger partial charge is 0.188 e. The number of piperazine rings is 1. The fourth-order valence-electron chi connectivity index (χ4n) is 3.15. The van der Waals surface area contributed by atoms with E-state index in [2.05, 4.69) is 27.2 Å². The molecule has 0 aromatic heterocycles. The van der Waals surface area contributed by atoms with E-state index < -0.39 is 0 Å². The molecule has 2 rings (SSSR count). The third-order valence-corrected chi connectivity index (χ3v) is 4.93. The standard InChI is InChI=1S/C20H35N5O2.HI/c1-24-12-14-25(15-13-24)11-5-4-9-22-20(21)23-10-8-17-6-7-18(26-2)19(16-17)27-3;/h6-7,16H,4-5,8-15H2,1-3H3,(H3,21,22,23);1H. The van der Waals surface area contributed by atoms with Crippen LogP contribution in [-0.4, -0.2) is 82.8 Å². The van der Waals surface area contributed by atoms with E-state index in [4.69, 9.17) is 15.2 Å². The van der Waals surface area contributed by atoms with Crippen LogP contribution in [0.3, 0.4) is 0 Å². The number of guanidine groups is 1. The summed E-state index contributed by atoms with van der Waals surface area (Å²) < 4.78 is 10.6. The highest BCUT2D eigenvalue weighted by molar-refractivity contribution is 14.0. The first-order valence-corrected chi connectivity index (χ1v) is 9.78. The van der Waals surface area contributed by atoms with Gasteiger partial charge < -0.3 is 30.3 Å². The Bertz CT molecular complexity index is 592. The van der Waals surface area contributed by atoms with Crippen molar-refractivity contribution in [1.29, 1.82) is 0 Å². The monoisotopic (exact) mass is 505 g/mol. The molecule has 160 valence electrons. The Morgan fingerprint density at radius 2 is 1.82 bits per heavy atom. The summed E-state index contributed by atoms with van der Waals surface area (Å²) in [6, 6.07) is 5.95. The van der Waals surface area contributed by atoms with Gasteiger partial charge in [-0.3, -0.25) is 4.99 Å². The van der Waals surface area contributed by atoms with Crippen LogP contribution in [0.25, 0.3) is 0 Å². The molecule has 0 amide bonds. The van der Waals surface area contributed by atoms with Gasteiger partial charge >= 0.3 is 0 Å². The van der Waals surface area contributed by atoms with E-state index in [0.717, 1.165) is 44.0 Å². The Morgan fingerprint density at radius 1 is 1.11 bits per heavy atom. The van der Waals surface area contributed by atoms with Crippen LogP contribution in [-0.2, 0) is 6.42 Å². The van der Waals surface area contributed by atoms with Crippen LogP contribution in [0.5, 0.6) is 11.5 Å². The van der Waals surface area contributed by atoms with Crippen molar-refractivity contribution in [3.05, 3.63) is 23.8 Å². The Hall–Kier alpha value is -1.26. The van der Waals surface area contributed by atoms with Gasteiger partial charge in [0.25, 0.3) is 0 Å². The van der Waals surface area contributed by atoms with Crippen LogP contribution in [0.15, 0.2) is 23.2 Å².